The predicted molar refractivity (Wildman–Crippen MR) is 211 cm³/mol. The standard InChI is InChI=1S/C46H47N3O/c1-28(2)30-16-21-41(50)39(25-30)44-48-43-36(14-11-15-40(43)49(44)35-19-17-33(18-20-35)45(4,5)6)31-12-10-13-32(24-31)38-27-34(46(7,8)9)26-37-29(3)22-23-47-42(37)38/h10-28,50H,1-9H3. The Morgan fingerprint density at radius 2 is 1.32 bits per heavy atom. The van der Waals surface area contributed by atoms with E-state index in [0.717, 1.165) is 61.4 Å². The Morgan fingerprint density at radius 1 is 0.640 bits per heavy atom. The van der Waals surface area contributed by atoms with Crippen molar-refractivity contribution in [3.63, 3.8) is 0 Å². The topological polar surface area (TPSA) is 50.9 Å². The average Bonchev–Trinajstić information content (AvgIpc) is 3.47. The van der Waals surface area contributed by atoms with Crippen molar-refractivity contribution in [2.75, 3.05) is 0 Å². The van der Waals surface area contributed by atoms with Crippen LogP contribution in [0.15, 0.2) is 109 Å². The largest absolute Gasteiger partial charge is 0.507 e. The van der Waals surface area contributed by atoms with Gasteiger partial charge in [0.15, 0.2) is 0 Å². The first-order valence-electron chi connectivity index (χ1n) is 17.7. The van der Waals surface area contributed by atoms with Crippen molar-refractivity contribution in [3.8, 4) is 45.1 Å². The number of rotatable bonds is 5. The van der Waals surface area contributed by atoms with Crippen molar-refractivity contribution in [1.29, 1.82) is 0 Å². The summed E-state index contributed by atoms with van der Waals surface area (Å²) in [6.45, 7) is 20.0. The SMILES string of the molecule is Cc1ccnc2c(-c3cccc(-c4cccc5c4nc(-c4cc(C(C)C)ccc4O)n5-c4ccc(C(C)(C)C)cc4)c3)cc(C(C)(C)C)cc12. The second kappa shape index (κ2) is 12.3. The molecule has 4 heteroatoms. The molecule has 0 aliphatic carbocycles. The van der Waals surface area contributed by atoms with Crippen LogP contribution in [0.3, 0.4) is 0 Å². The fourth-order valence-corrected chi connectivity index (χ4v) is 6.87. The predicted octanol–water partition coefficient (Wildman–Crippen LogP) is 12.3. The Labute approximate surface area is 296 Å². The number of para-hydroxylation sites is 1. The third kappa shape index (κ3) is 5.98. The van der Waals surface area contributed by atoms with Crippen LogP contribution in [0, 0.1) is 6.92 Å². The Morgan fingerprint density at radius 3 is 2.00 bits per heavy atom. The fraction of sp³-hybridized carbons (Fsp3) is 0.261. The summed E-state index contributed by atoms with van der Waals surface area (Å²) in [6.07, 6.45) is 1.91. The number of aryl methyl sites for hydroxylation is 1. The van der Waals surface area contributed by atoms with Crippen molar-refractivity contribution in [2.45, 2.75) is 79.1 Å². The molecule has 252 valence electrons. The summed E-state index contributed by atoms with van der Waals surface area (Å²) in [5.74, 6) is 1.24. The highest BCUT2D eigenvalue weighted by atomic mass is 16.3. The Balaban J connectivity index is 1.47. The second-order valence-electron chi connectivity index (χ2n) is 16.1. The molecule has 1 N–H and O–H groups in total. The lowest BCUT2D eigenvalue weighted by Gasteiger charge is -2.22. The zero-order valence-corrected chi connectivity index (χ0v) is 30.8. The number of pyridine rings is 1. The number of hydrogen-bond acceptors (Lipinski definition) is 3. The van der Waals surface area contributed by atoms with Crippen molar-refractivity contribution in [1.82, 2.24) is 14.5 Å². The summed E-state index contributed by atoms with van der Waals surface area (Å²) in [6, 6.07) is 36.5. The van der Waals surface area contributed by atoms with E-state index < -0.39 is 0 Å². The zero-order valence-electron chi connectivity index (χ0n) is 30.8. The van der Waals surface area contributed by atoms with E-state index in [1.54, 1.807) is 6.07 Å². The Bertz CT molecular complexity index is 2380. The van der Waals surface area contributed by atoms with Crippen molar-refractivity contribution < 1.29 is 5.11 Å². The van der Waals surface area contributed by atoms with Gasteiger partial charge in [0.1, 0.15) is 11.6 Å². The van der Waals surface area contributed by atoms with Crippen molar-refractivity contribution in [3.05, 3.63) is 132 Å². The van der Waals surface area contributed by atoms with Gasteiger partial charge in [-0.15, -0.1) is 0 Å². The van der Waals surface area contributed by atoms with Gasteiger partial charge in [-0.2, -0.15) is 0 Å². The zero-order chi connectivity index (χ0) is 35.5. The van der Waals surface area contributed by atoms with E-state index in [2.05, 4.69) is 158 Å². The molecule has 2 heterocycles. The van der Waals surface area contributed by atoms with Gasteiger partial charge in [0.25, 0.3) is 0 Å². The fourth-order valence-electron chi connectivity index (χ4n) is 6.87. The molecular weight excluding hydrogens is 611 g/mol. The number of phenols is 1. The van der Waals surface area contributed by atoms with Crippen molar-refractivity contribution >= 4 is 21.9 Å². The third-order valence-corrected chi connectivity index (χ3v) is 10.0. The number of fused-ring (bicyclic) bond motifs is 2. The Hall–Kier alpha value is -5.22. The molecule has 0 fully saturated rings. The molecule has 0 aliphatic heterocycles. The van der Waals surface area contributed by atoms with E-state index in [0.29, 0.717) is 5.92 Å². The monoisotopic (exact) mass is 657 g/mol. The first-order chi connectivity index (χ1) is 23.7. The van der Waals surface area contributed by atoms with Crippen LogP contribution in [-0.2, 0) is 10.8 Å². The first kappa shape index (κ1) is 33.3. The number of hydrogen-bond donors (Lipinski definition) is 1. The van der Waals surface area contributed by atoms with E-state index in [1.807, 2.05) is 12.3 Å². The molecule has 0 saturated heterocycles. The molecular formula is C46H47N3O. The second-order valence-corrected chi connectivity index (χ2v) is 16.1. The summed E-state index contributed by atoms with van der Waals surface area (Å²) in [5.41, 5.74) is 13.9. The van der Waals surface area contributed by atoms with E-state index in [4.69, 9.17) is 9.97 Å². The highest BCUT2D eigenvalue weighted by Crippen LogP contribution is 2.41. The van der Waals surface area contributed by atoms with Gasteiger partial charge in [-0.05, 0) is 112 Å². The normalized spacial score (nSPS) is 12.4. The lowest BCUT2D eigenvalue weighted by Crippen LogP contribution is -2.11. The lowest BCUT2D eigenvalue weighted by atomic mass is 9.83. The average molecular weight is 658 g/mol. The van der Waals surface area contributed by atoms with Crippen LogP contribution in [0.5, 0.6) is 5.75 Å². The number of aromatic hydroxyl groups is 1. The minimum atomic E-state index is -0.0127. The molecule has 0 bridgehead atoms. The minimum Gasteiger partial charge on any atom is -0.507 e. The lowest BCUT2D eigenvalue weighted by molar-refractivity contribution is 0.476. The van der Waals surface area contributed by atoms with Crippen molar-refractivity contribution in [2.24, 2.45) is 0 Å². The number of benzene rings is 5. The van der Waals surface area contributed by atoms with Gasteiger partial charge >= 0.3 is 0 Å². The number of nitrogens with zero attached hydrogens (tertiary/aromatic N) is 3. The van der Waals surface area contributed by atoms with Gasteiger partial charge in [-0.25, -0.2) is 4.98 Å². The van der Waals surface area contributed by atoms with E-state index in [1.165, 1.54) is 22.1 Å². The van der Waals surface area contributed by atoms with Crippen LogP contribution in [0.1, 0.15) is 83.6 Å². The maximum absolute atomic E-state index is 11.3. The van der Waals surface area contributed by atoms with Gasteiger partial charge in [0.2, 0.25) is 0 Å². The number of imidazole rings is 1. The summed E-state index contributed by atoms with van der Waals surface area (Å²) < 4.78 is 2.20. The quantitative estimate of drug-likeness (QED) is 0.200. The van der Waals surface area contributed by atoms with Gasteiger partial charge < -0.3 is 5.11 Å². The summed E-state index contributed by atoms with van der Waals surface area (Å²) >= 11 is 0. The van der Waals surface area contributed by atoms with Gasteiger partial charge in [0.05, 0.1) is 22.1 Å². The van der Waals surface area contributed by atoms with Gasteiger partial charge in [0, 0.05) is 28.4 Å². The molecule has 7 aromatic rings. The van der Waals surface area contributed by atoms with Crippen LogP contribution >= 0.6 is 0 Å². The smallest absolute Gasteiger partial charge is 0.149 e. The molecule has 5 aromatic carbocycles. The molecule has 0 radical (unpaired) electrons. The molecule has 0 spiro atoms. The van der Waals surface area contributed by atoms with Crippen LogP contribution in [0.4, 0.5) is 0 Å². The molecule has 7 rings (SSSR count). The van der Waals surface area contributed by atoms with Crippen LogP contribution in [0.2, 0.25) is 0 Å². The maximum Gasteiger partial charge on any atom is 0.149 e. The highest BCUT2D eigenvalue weighted by molar-refractivity contribution is 5.99. The number of phenolic OH excluding ortho intramolecular Hbond substituents is 1. The van der Waals surface area contributed by atoms with Crippen LogP contribution in [0.25, 0.3) is 61.3 Å². The molecule has 50 heavy (non-hydrogen) atoms. The molecule has 0 atom stereocenters. The Kier molecular flexibility index (Phi) is 8.17. The first-order valence-corrected chi connectivity index (χ1v) is 17.7. The van der Waals surface area contributed by atoms with E-state index in [-0.39, 0.29) is 16.6 Å². The van der Waals surface area contributed by atoms with Crippen LogP contribution in [-0.4, -0.2) is 19.6 Å². The minimum absolute atomic E-state index is 0.0127. The third-order valence-electron chi connectivity index (χ3n) is 10.0. The molecule has 0 unspecified atom stereocenters. The molecule has 0 amide bonds. The number of aromatic nitrogens is 3. The molecule has 2 aromatic heterocycles. The molecule has 0 saturated carbocycles. The van der Waals surface area contributed by atoms with E-state index >= 15 is 0 Å². The van der Waals surface area contributed by atoms with Gasteiger partial charge in [-0.3, -0.25) is 9.55 Å². The van der Waals surface area contributed by atoms with Crippen LogP contribution < -0.4 is 0 Å². The van der Waals surface area contributed by atoms with Gasteiger partial charge in [-0.1, -0.05) is 104 Å². The summed E-state index contributed by atoms with van der Waals surface area (Å²) in [7, 11) is 0. The highest BCUT2D eigenvalue weighted by Gasteiger charge is 2.23. The van der Waals surface area contributed by atoms with E-state index in [9.17, 15) is 5.11 Å². The summed E-state index contributed by atoms with van der Waals surface area (Å²) in [4.78, 5) is 10.3. The maximum atomic E-state index is 11.3. The summed E-state index contributed by atoms with van der Waals surface area (Å²) in [5, 5.41) is 12.5. The molecule has 0 aliphatic rings. The molecule has 4 nitrogen and oxygen atoms in total.